The molecule has 0 spiro atoms. The standard InChI is InChI=1S/C21H24N2O2/c24-20(15-17-7-3-1-4-8-17)22-14-13-21(25)23(19-11-12-19)16-18-9-5-2-6-10-18/h1-10,19H,11-16H2,(H,22,24). The number of rotatable bonds is 8. The molecule has 4 heteroatoms. The van der Waals surface area contributed by atoms with Gasteiger partial charge < -0.3 is 10.2 Å². The quantitative estimate of drug-likeness (QED) is 0.806. The number of nitrogens with one attached hydrogen (secondary N) is 1. The van der Waals surface area contributed by atoms with Crippen molar-refractivity contribution in [2.75, 3.05) is 6.54 Å². The van der Waals surface area contributed by atoms with Gasteiger partial charge in [-0.2, -0.15) is 0 Å². The molecular formula is C21H24N2O2. The molecule has 0 bridgehead atoms. The Morgan fingerprint density at radius 2 is 1.52 bits per heavy atom. The Morgan fingerprint density at radius 1 is 0.920 bits per heavy atom. The Kier molecular flexibility index (Phi) is 5.83. The Labute approximate surface area is 148 Å². The van der Waals surface area contributed by atoms with E-state index in [2.05, 4.69) is 5.32 Å². The first-order chi connectivity index (χ1) is 12.2. The summed E-state index contributed by atoms with van der Waals surface area (Å²) < 4.78 is 0. The maximum absolute atomic E-state index is 12.5. The van der Waals surface area contributed by atoms with Crippen LogP contribution >= 0.6 is 0 Å². The van der Waals surface area contributed by atoms with Gasteiger partial charge in [-0.3, -0.25) is 9.59 Å². The lowest BCUT2D eigenvalue weighted by Gasteiger charge is -2.22. The van der Waals surface area contributed by atoms with Crippen LogP contribution in [0.2, 0.25) is 0 Å². The summed E-state index contributed by atoms with van der Waals surface area (Å²) in [7, 11) is 0. The fraction of sp³-hybridized carbons (Fsp3) is 0.333. The Bertz CT molecular complexity index is 696. The summed E-state index contributed by atoms with van der Waals surface area (Å²) in [6.07, 6.45) is 2.87. The third-order valence-corrected chi connectivity index (χ3v) is 4.37. The molecule has 2 amide bonds. The van der Waals surface area contributed by atoms with Crippen molar-refractivity contribution in [2.24, 2.45) is 0 Å². The monoisotopic (exact) mass is 336 g/mol. The Balaban J connectivity index is 1.45. The topological polar surface area (TPSA) is 49.4 Å². The highest BCUT2D eigenvalue weighted by atomic mass is 16.2. The zero-order chi connectivity index (χ0) is 17.5. The van der Waals surface area contributed by atoms with Gasteiger partial charge in [-0.15, -0.1) is 0 Å². The second kappa shape index (κ2) is 8.47. The van der Waals surface area contributed by atoms with E-state index in [4.69, 9.17) is 0 Å². The molecule has 0 radical (unpaired) electrons. The van der Waals surface area contributed by atoms with Crippen molar-refractivity contribution in [2.45, 2.75) is 38.3 Å². The molecule has 4 nitrogen and oxygen atoms in total. The summed E-state index contributed by atoms with van der Waals surface area (Å²) >= 11 is 0. The molecule has 3 rings (SSSR count). The van der Waals surface area contributed by atoms with Gasteiger partial charge >= 0.3 is 0 Å². The van der Waals surface area contributed by atoms with Crippen molar-refractivity contribution in [1.82, 2.24) is 10.2 Å². The average molecular weight is 336 g/mol. The first-order valence-corrected chi connectivity index (χ1v) is 8.86. The van der Waals surface area contributed by atoms with E-state index >= 15 is 0 Å². The smallest absolute Gasteiger partial charge is 0.224 e. The highest BCUT2D eigenvalue weighted by Crippen LogP contribution is 2.28. The first kappa shape index (κ1) is 17.2. The van der Waals surface area contributed by atoms with Gasteiger partial charge in [-0.05, 0) is 24.0 Å². The lowest BCUT2D eigenvalue weighted by atomic mass is 10.1. The lowest BCUT2D eigenvalue weighted by Crippen LogP contribution is -2.36. The fourth-order valence-electron chi connectivity index (χ4n) is 2.88. The molecule has 0 atom stereocenters. The van der Waals surface area contributed by atoms with Crippen molar-refractivity contribution < 1.29 is 9.59 Å². The van der Waals surface area contributed by atoms with E-state index < -0.39 is 0 Å². The van der Waals surface area contributed by atoms with E-state index in [0.29, 0.717) is 32.0 Å². The number of carbonyl (C=O) groups excluding carboxylic acids is 2. The summed E-state index contributed by atoms with van der Waals surface area (Å²) in [6.45, 7) is 1.05. The molecule has 0 aliphatic heterocycles. The molecule has 1 N–H and O–H groups in total. The number of carbonyl (C=O) groups is 2. The summed E-state index contributed by atoms with van der Waals surface area (Å²) in [5.74, 6) is 0.0754. The normalized spacial score (nSPS) is 13.3. The van der Waals surface area contributed by atoms with Crippen molar-refractivity contribution in [1.29, 1.82) is 0 Å². The van der Waals surface area contributed by atoms with E-state index in [1.54, 1.807) is 0 Å². The van der Waals surface area contributed by atoms with Crippen LogP contribution in [0, 0.1) is 0 Å². The zero-order valence-electron chi connectivity index (χ0n) is 14.4. The van der Waals surface area contributed by atoms with Crippen molar-refractivity contribution in [3.63, 3.8) is 0 Å². The maximum Gasteiger partial charge on any atom is 0.224 e. The molecule has 1 aliphatic carbocycles. The van der Waals surface area contributed by atoms with E-state index in [1.807, 2.05) is 65.6 Å². The minimum Gasteiger partial charge on any atom is -0.355 e. The maximum atomic E-state index is 12.5. The fourth-order valence-corrected chi connectivity index (χ4v) is 2.88. The SMILES string of the molecule is O=C(Cc1ccccc1)NCCC(=O)N(Cc1ccccc1)C1CC1. The number of benzene rings is 2. The number of hydrogen-bond donors (Lipinski definition) is 1. The molecule has 130 valence electrons. The molecule has 0 aromatic heterocycles. The Hall–Kier alpha value is -2.62. The second-order valence-electron chi connectivity index (χ2n) is 6.50. The largest absolute Gasteiger partial charge is 0.355 e. The number of nitrogens with zero attached hydrogens (tertiary/aromatic N) is 1. The molecule has 0 unspecified atom stereocenters. The van der Waals surface area contributed by atoms with Crippen LogP contribution < -0.4 is 5.32 Å². The van der Waals surface area contributed by atoms with Gasteiger partial charge in [-0.25, -0.2) is 0 Å². The molecule has 1 saturated carbocycles. The van der Waals surface area contributed by atoms with E-state index in [0.717, 1.165) is 24.0 Å². The van der Waals surface area contributed by atoms with Crippen LogP contribution in [0.25, 0.3) is 0 Å². The first-order valence-electron chi connectivity index (χ1n) is 8.86. The third kappa shape index (κ3) is 5.45. The van der Waals surface area contributed by atoms with Crippen LogP contribution in [0.15, 0.2) is 60.7 Å². The minimum atomic E-state index is -0.0416. The molecule has 1 aliphatic rings. The van der Waals surface area contributed by atoms with E-state index in [1.165, 1.54) is 0 Å². The molecule has 2 aromatic rings. The van der Waals surface area contributed by atoms with Crippen LogP contribution in [-0.2, 0) is 22.6 Å². The predicted molar refractivity (Wildman–Crippen MR) is 97.8 cm³/mol. The van der Waals surface area contributed by atoms with Gasteiger partial charge in [0.15, 0.2) is 0 Å². The van der Waals surface area contributed by atoms with Crippen LogP contribution in [0.1, 0.15) is 30.4 Å². The molecule has 1 fully saturated rings. The highest BCUT2D eigenvalue weighted by molar-refractivity contribution is 5.80. The second-order valence-corrected chi connectivity index (χ2v) is 6.50. The molecule has 2 aromatic carbocycles. The summed E-state index contributed by atoms with van der Waals surface area (Å²) in [5.41, 5.74) is 2.13. The van der Waals surface area contributed by atoms with Crippen molar-refractivity contribution >= 4 is 11.8 Å². The minimum absolute atomic E-state index is 0.0416. The summed E-state index contributed by atoms with van der Waals surface area (Å²) in [4.78, 5) is 26.5. The van der Waals surface area contributed by atoms with Gasteiger partial charge in [0.1, 0.15) is 0 Å². The molecular weight excluding hydrogens is 312 g/mol. The van der Waals surface area contributed by atoms with Crippen molar-refractivity contribution in [3.8, 4) is 0 Å². The predicted octanol–water partition coefficient (Wildman–Crippen LogP) is 2.93. The van der Waals surface area contributed by atoms with Crippen LogP contribution in [0.4, 0.5) is 0 Å². The van der Waals surface area contributed by atoms with Crippen LogP contribution in [0.3, 0.4) is 0 Å². The summed E-state index contributed by atoms with van der Waals surface area (Å²) in [5, 5.41) is 2.85. The molecule has 25 heavy (non-hydrogen) atoms. The molecule has 0 heterocycles. The van der Waals surface area contributed by atoms with Gasteiger partial charge in [0.2, 0.25) is 11.8 Å². The number of amides is 2. The highest BCUT2D eigenvalue weighted by Gasteiger charge is 2.32. The van der Waals surface area contributed by atoms with Gasteiger partial charge in [0, 0.05) is 25.6 Å². The lowest BCUT2D eigenvalue weighted by molar-refractivity contribution is -0.132. The Morgan fingerprint density at radius 3 is 2.12 bits per heavy atom. The van der Waals surface area contributed by atoms with Gasteiger partial charge in [0.05, 0.1) is 6.42 Å². The summed E-state index contributed by atoms with van der Waals surface area (Å²) in [6, 6.07) is 20.1. The van der Waals surface area contributed by atoms with Gasteiger partial charge in [-0.1, -0.05) is 60.7 Å². The number of hydrogen-bond acceptors (Lipinski definition) is 2. The molecule has 0 saturated heterocycles. The zero-order valence-corrected chi connectivity index (χ0v) is 14.4. The van der Waals surface area contributed by atoms with E-state index in [-0.39, 0.29) is 11.8 Å². The van der Waals surface area contributed by atoms with Gasteiger partial charge in [0.25, 0.3) is 0 Å². The van der Waals surface area contributed by atoms with E-state index in [9.17, 15) is 9.59 Å². The third-order valence-electron chi connectivity index (χ3n) is 4.37. The van der Waals surface area contributed by atoms with Crippen molar-refractivity contribution in [3.05, 3.63) is 71.8 Å². The van der Waals surface area contributed by atoms with Crippen LogP contribution in [-0.4, -0.2) is 29.3 Å². The average Bonchev–Trinajstić information content (AvgIpc) is 3.46. The van der Waals surface area contributed by atoms with Crippen LogP contribution in [0.5, 0.6) is 0 Å².